The number of halogens is 1. The van der Waals surface area contributed by atoms with Crippen LogP contribution in [-0.4, -0.2) is 23.9 Å². The van der Waals surface area contributed by atoms with E-state index in [1.807, 2.05) is 13.0 Å². The van der Waals surface area contributed by atoms with Gasteiger partial charge in [-0.2, -0.15) is 0 Å². The van der Waals surface area contributed by atoms with Gasteiger partial charge >= 0.3 is 0 Å². The number of hydrogen-bond acceptors (Lipinski definition) is 2. The van der Waals surface area contributed by atoms with Gasteiger partial charge in [-0.3, -0.25) is 0 Å². The van der Waals surface area contributed by atoms with E-state index < -0.39 is 6.10 Å². The zero-order chi connectivity index (χ0) is 11.5. The lowest BCUT2D eigenvalue weighted by molar-refractivity contribution is 0.0806. The van der Waals surface area contributed by atoms with Crippen LogP contribution in [0.3, 0.4) is 0 Å². The van der Waals surface area contributed by atoms with Gasteiger partial charge in [-0.05, 0) is 37.5 Å². The molecule has 1 N–H and O–H groups in total. The van der Waals surface area contributed by atoms with Gasteiger partial charge in [-0.15, -0.1) is 0 Å². The summed E-state index contributed by atoms with van der Waals surface area (Å²) >= 11 is 0. The van der Waals surface area contributed by atoms with Crippen LogP contribution in [0.2, 0.25) is 0 Å². The fraction of sp³-hybridized carbons (Fsp3) is 0.538. The lowest BCUT2D eigenvalue weighted by Crippen LogP contribution is -2.23. The topological polar surface area (TPSA) is 29.5 Å². The van der Waals surface area contributed by atoms with E-state index in [4.69, 9.17) is 4.74 Å². The minimum atomic E-state index is -0.438. The molecule has 0 aromatic heterocycles. The second-order valence-electron chi connectivity index (χ2n) is 4.54. The van der Waals surface area contributed by atoms with E-state index in [9.17, 15) is 9.50 Å². The molecule has 1 fully saturated rings. The minimum absolute atomic E-state index is 0.179. The van der Waals surface area contributed by atoms with Crippen LogP contribution in [0.4, 0.5) is 4.39 Å². The first-order chi connectivity index (χ1) is 7.65. The first-order valence-electron chi connectivity index (χ1n) is 5.69. The Morgan fingerprint density at radius 2 is 2.38 bits per heavy atom. The Hall–Kier alpha value is -0.930. The van der Waals surface area contributed by atoms with Crippen molar-refractivity contribution in [2.24, 2.45) is 5.92 Å². The average Bonchev–Trinajstić information content (AvgIpc) is 2.65. The normalized spacial score (nSPS) is 26.9. The van der Waals surface area contributed by atoms with Crippen LogP contribution in [0, 0.1) is 11.7 Å². The van der Waals surface area contributed by atoms with Crippen molar-refractivity contribution in [2.75, 3.05) is 6.61 Å². The van der Waals surface area contributed by atoms with Crippen molar-refractivity contribution in [3.8, 4) is 0 Å². The molecule has 0 aliphatic carbocycles. The molecule has 1 aliphatic rings. The third kappa shape index (κ3) is 2.80. The van der Waals surface area contributed by atoms with Gasteiger partial charge in [-0.25, -0.2) is 4.39 Å². The lowest BCUT2D eigenvalue weighted by atomic mass is 9.94. The third-order valence-corrected chi connectivity index (χ3v) is 3.11. The first-order valence-corrected chi connectivity index (χ1v) is 5.69. The molecule has 0 spiro atoms. The largest absolute Gasteiger partial charge is 0.392 e. The molecule has 3 unspecified atom stereocenters. The van der Waals surface area contributed by atoms with Crippen LogP contribution in [0.1, 0.15) is 18.9 Å². The fourth-order valence-electron chi connectivity index (χ4n) is 2.19. The van der Waals surface area contributed by atoms with Crippen LogP contribution in [-0.2, 0) is 11.2 Å². The Bertz CT molecular complexity index is 354. The molecule has 1 aromatic carbocycles. The maximum Gasteiger partial charge on any atom is 0.123 e. The maximum atomic E-state index is 13.0. The van der Waals surface area contributed by atoms with Gasteiger partial charge in [-0.1, -0.05) is 12.1 Å². The molecule has 16 heavy (non-hydrogen) atoms. The molecule has 2 rings (SSSR count). The molecular formula is C13H17FO2. The predicted molar refractivity (Wildman–Crippen MR) is 59.6 cm³/mol. The number of aliphatic hydroxyl groups excluding tert-OH is 1. The highest BCUT2D eigenvalue weighted by Crippen LogP contribution is 2.24. The zero-order valence-corrected chi connectivity index (χ0v) is 9.40. The highest BCUT2D eigenvalue weighted by Gasteiger charge is 2.28. The van der Waals surface area contributed by atoms with Gasteiger partial charge in [0.2, 0.25) is 0 Å². The van der Waals surface area contributed by atoms with Gasteiger partial charge in [0.25, 0.3) is 0 Å². The van der Waals surface area contributed by atoms with Gasteiger partial charge < -0.3 is 9.84 Å². The molecule has 1 aliphatic heterocycles. The molecule has 1 aromatic rings. The van der Waals surface area contributed by atoms with Gasteiger partial charge in [0.15, 0.2) is 0 Å². The third-order valence-electron chi connectivity index (χ3n) is 3.11. The fourth-order valence-corrected chi connectivity index (χ4v) is 2.19. The van der Waals surface area contributed by atoms with E-state index in [1.165, 1.54) is 12.1 Å². The Morgan fingerprint density at radius 1 is 1.56 bits per heavy atom. The summed E-state index contributed by atoms with van der Waals surface area (Å²) in [5.74, 6) is -0.0704. The summed E-state index contributed by atoms with van der Waals surface area (Å²) in [6.07, 6.45) is 1.17. The number of benzene rings is 1. The molecule has 3 atom stereocenters. The van der Waals surface area contributed by atoms with Crippen LogP contribution in [0.15, 0.2) is 24.3 Å². The Morgan fingerprint density at radius 3 is 3.00 bits per heavy atom. The summed E-state index contributed by atoms with van der Waals surface area (Å²) in [5.41, 5.74) is 0.840. The van der Waals surface area contributed by atoms with E-state index in [2.05, 4.69) is 0 Å². The summed E-state index contributed by atoms with van der Waals surface area (Å²) in [7, 11) is 0. The van der Waals surface area contributed by atoms with E-state index in [1.54, 1.807) is 6.07 Å². The molecule has 3 heteroatoms. The Kier molecular flexibility index (Phi) is 3.56. The molecule has 0 bridgehead atoms. The molecule has 0 amide bonds. The van der Waals surface area contributed by atoms with Gasteiger partial charge in [0, 0.05) is 5.92 Å². The number of aliphatic hydroxyl groups is 1. The van der Waals surface area contributed by atoms with E-state index in [0.29, 0.717) is 13.0 Å². The predicted octanol–water partition coefficient (Wildman–Crippen LogP) is 2.15. The van der Waals surface area contributed by atoms with Crippen molar-refractivity contribution in [3.05, 3.63) is 35.6 Å². The molecule has 0 saturated carbocycles. The number of ether oxygens (including phenoxy) is 1. The van der Waals surface area contributed by atoms with Crippen molar-refractivity contribution in [1.29, 1.82) is 0 Å². The summed E-state index contributed by atoms with van der Waals surface area (Å²) in [5, 5.41) is 10.0. The van der Waals surface area contributed by atoms with Crippen molar-refractivity contribution < 1.29 is 14.2 Å². The summed E-state index contributed by atoms with van der Waals surface area (Å²) in [6, 6.07) is 6.40. The van der Waals surface area contributed by atoms with Crippen molar-refractivity contribution >= 4 is 0 Å². The quantitative estimate of drug-likeness (QED) is 0.852. The molecule has 0 radical (unpaired) electrons. The zero-order valence-electron chi connectivity index (χ0n) is 9.40. The molecule has 1 saturated heterocycles. The Balaban J connectivity index is 1.94. The van der Waals surface area contributed by atoms with Crippen molar-refractivity contribution in [1.82, 2.24) is 0 Å². The van der Waals surface area contributed by atoms with E-state index >= 15 is 0 Å². The summed E-state index contributed by atoms with van der Waals surface area (Å²) < 4.78 is 18.4. The van der Waals surface area contributed by atoms with Crippen LogP contribution in [0.5, 0.6) is 0 Å². The molecule has 1 heterocycles. The summed E-state index contributed by atoms with van der Waals surface area (Å²) in [6.45, 7) is 2.62. The van der Waals surface area contributed by atoms with Crippen LogP contribution in [0.25, 0.3) is 0 Å². The number of rotatable bonds is 3. The second kappa shape index (κ2) is 4.93. The molecule has 88 valence electrons. The maximum absolute atomic E-state index is 13.0. The smallest absolute Gasteiger partial charge is 0.123 e. The van der Waals surface area contributed by atoms with E-state index in [-0.39, 0.29) is 17.8 Å². The monoisotopic (exact) mass is 224 g/mol. The second-order valence-corrected chi connectivity index (χ2v) is 4.54. The van der Waals surface area contributed by atoms with Gasteiger partial charge in [0.1, 0.15) is 5.82 Å². The number of hydrogen-bond donors (Lipinski definition) is 1. The van der Waals surface area contributed by atoms with E-state index in [0.717, 1.165) is 12.0 Å². The van der Waals surface area contributed by atoms with Crippen molar-refractivity contribution in [2.45, 2.75) is 32.0 Å². The minimum Gasteiger partial charge on any atom is -0.392 e. The standard InChI is InChI=1S/C13H17FO2/c1-9-5-11(8-16-9)13(15)7-10-3-2-4-12(14)6-10/h2-4,6,9,11,13,15H,5,7-8H2,1H3. The highest BCUT2D eigenvalue weighted by molar-refractivity contribution is 5.17. The highest BCUT2D eigenvalue weighted by atomic mass is 19.1. The SMILES string of the molecule is CC1CC(C(O)Cc2cccc(F)c2)CO1. The lowest BCUT2D eigenvalue weighted by Gasteiger charge is -2.16. The Labute approximate surface area is 95.1 Å². The first kappa shape index (κ1) is 11.6. The molecule has 2 nitrogen and oxygen atoms in total. The molecular weight excluding hydrogens is 207 g/mol. The summed E-state index contributed by atoms with van der Waals surface area (Å²) in [4.78, 5) is 0. The van der Waals surface area contributed by atoms with Crippen LogP contribution < -0.4 is 0 Å². The van der Waals surface area contributed by atoms with Crippen molar-refractivity contribution in [3.63, 3.8) is 0 Å². The average molecular weight is 224 g/mol. The van der Waals surface area contributed by atoms with Gasteiger partial charge in [0.05, 0.1) is 18.8 Å². The van der Waals surface area contributed by atoms with Crippen LogP contribution >= 0.6 is 0 Å².